The summed E-state index contributed by atoms with van der Waals surface area (Å²) in [7, 11) is 0. The van der Waals surface area contributed by atoms with Gasteiger partial charge in [-0.3, -0.25) is 0 Å². The fourth-order valence-electron chi connectivity index (χ4n) is 2.77. The Hall–Kier alpha value is -1.71. The first-order valence-corrected chi connectivity index (χ1v) is 6.50. The summed E-state index contributed by atoms with van der Waals surface area (Å²) in [6.07, 6.45) is 3.50. The van der Waals surface area contributed by atoms with E-state index in [1.54, 1.807) is 18.2 Å². The van der Waals surface area contributed by atoms with Gasteiger partial charge >= 0.3 is 5.97 Å². The SMILES string of the molecule is CCCC1CCN(c2c(N)cccc2C(=O)O)C1. The lowest BCUT2D eigenvalue weighted by Crippen LogP contribution is -2.23. The molecule has 4 heteroatoms. The van der Waals surface area contributed by atoms with E-state index in [2.05, 4.69) is 11.8 Å². The van der Waals surface area contributed by atoms with Crippen molar-refractivity contribution in [2.45, 2.75) is 26.2 Å². The minimum Gasteiger partial charge on any atom is -0.478 e. The number of rotatable bonds is 4. The molecule has 0 aromatic heterocycles. The number of nitrogens with two attached hydrogens (primary N) is 1. The molecule has 2 rings (SSSR count). The predicted molar refractivity (Wildman–Crippen MR) is 73.0 cm³/mol. The molecule has 1 unspecified atom stereocenters. The molecule has 1 heterocycles. The lowest BCUT2D eigenvalue weighted by atomic mass is 10.0. The molecule has 1 saturated heterocycles. The van der Waals surface area contributed by atoms with Crippen LogP contribution in [-0.2, 0) is 0 Å². The minimum absolute atomic E-state index is 0.312. The number of carbonyl (C=O) groups is 1. The molecule has 4 nitrogen and oxygen atoms in total. The third-order valence-electron chi connectivity index (χ3n) is 3.60. The Morgan fingerprint density at radius 1 is 1.56 bits per heavy atom. The summed E-state index contributed by atoms with van der Waals surface area (Å²) in [5.74, 6) is -0.243. The molecule has 1 aromatic carbocycles. The molecular formula is C14H20N2O2. The molecule has 1 aliphatic heterocycles. The van der Waals surface area contributed by atoms with Gasteiger partial charge in [0, 0.05) is 13.1 Å². The summed E-state index contributed by atoms with van der Waals surface area (Å²) >= 11 is 0. The van der Waals surface area contributed by atoms with Crippen molar-refractivity contribution >= 4 is 17.3 Å². The van der Waals surface area contributed by atoms with Crippen LogP contribution in [0.1, 0.15) is 36.5 Å². The second-order valence-corrected chi connectivity index (χ2v) is 4.94. The van der Waals surface area contributed by atoms with Gasteiger partial charge in [-0.1, -0.05) is 19.4 Å². The first kappa shape index (κ1) is 12.7. The zero-order valence-electron chi connectivity index (χ0n) is 10.7. The van der Waals surface area contributed by atoms with Gasteiger partial charge in [-0.15, -0.1) is 0 Å². The standard InChI is InChI=1S/C14H20N2O2/c1-2-4-10-7-8-16(9-10)13-11(14(17)18)5-3-6-12(13)15/h3,5-6,10H,2,4,7-9,15H2,1H3,(H,17,18). The van der Waals surface area contributed by atoms with Crippen molar-refractivity contribution in [3.8, 4) is 0 Å². The summed E-state index contributed by atoms with van der Waals surface area (Å²) in [6.45, 7) is 4.00. The topological polar surface area (TPSA) is 66.6 Å². The van der Waals surface area contributed by atoms with Gasteiger partial charge in [0.2, 0.25) is 0 Å². The fraction of sp³-hybridized carbons (Fsp3) is 0.500. The normalized spacial score (nSPS) is 19.2. The fourth-order valence-corrected chi connectivity index (χ4v) is 2.77. The van der Waals surface area contributed by atoms with Crippen LogP contribution in [0.5, 0.6) is 0 Å². The number of benzene rings is 1. The number of carboxylic acid groups (broad SMARTS) is 1. The van der Waals surface area contributed by atoms with Gasteiger partial charge in [0.1, 0.15) is 0 Å². The highest BCUT2D eigenvalue weighted by Crippen LogP contribution is 2.33. The van der Waals surface area contributed by atoms with Crippen LogP contribution in [-0.4, -0.2) is 24.2 Å². The van der Waals surface area contributed by atoms with Gasteiger partial charge < -0.3 is 15.7 Å². The van der Waals surface area contributed by atoms with Gasteiger partial charge in [-0.25, -0.2) is 4.79 Å². The molecule has 0 bridgehead atoms. The van der Waals surface area contributed by atoms with E-state index in [1.807, 2.05) is 0 Å². The molecule has 0 amide bonds. The largest absolute Gasteiger partial charge is 0.478 e. The van der Waals surface area contributed by atoms with Crippen LogP contribution < -0.4 is 10.6 Å². The lowest BCUT2D eigenvalue weighted by molar-refractivity contribution is 0.0697. The maximum absolute atomic E-state index is 11.3. The second kappa shape index (κ2) is 5.29. The number of para-hydroxylation sites is 1. The minimum atomic E-state index is -0.906. The Kier molecular flexibility index (Phi) is 3.75. The molecule has 98 valence electrons. The number of aromatic carboxylic acids is 1. The quantitative estimate of drug-likeness (QED) is 0.804. The zero-order chi connectivity index (χ0) is 13.1. The van der Waals surface area contributed by atoms with Gasteiger partial charge in [0.05, 0.1) is 16.9 Å². The number of hydrogen-bond acceptors (Lipinski definition) is 3. The zero-order valence-corrected chi connectivity index (χ0v) is 10.7. The van der Waals surface area contributed by atoms with Crippen LogP contribution in [0.4, 0.5) is 11.4 Å². The highest BCUT2D eigenvalue weighted by Gasteiger charge is 2.26. The van der Waals surface area contributed by atoms with E-state index in [9.17, 15) is 9.90 Å². The average molecular weight is 248 g/mol. The van der Waals surface area contributed by atoms with E-state index in [0.717, 1.165) is 19.5 Å². The van der Waals surface area contributed by atoms with Crippen molar-refractivity contribution in [3.63, 3.8) is 0 Å². The Bertz CT molecular complexity index is 445. The maximum Gasteiger partial charge on any atom is 0.337 e. The molecule has 0 aliphatic carbocycles. The molecule has 1 fully saturated rings. The summed E-state index contributed by atoms with van der Waals surface area (Å²) < 4.78 is 0. The lowest BCUT2D eigenvalue weighted by Gasteiger charge is -2.22. The number of carboxylic acids is 1. The number of hydrogen-bond donors (Lipinski definition) is 2. The van der Waals surface area contributed by atoms with Crippen LogP contribution in [0.2, 0.25) is 0 Å². The van der Waals surface area contributed by atoms with E-state index >= 15 is 0 Å². The van der Waals surface area contributed by atoms with Crippen molar-refractivity contribution in [3.05, 3.63) is 23.8 Å². The Morgan fingerprint density at radius 2 is 2.33 bits per heavy atom. The Balaban J connectivity index is 2.26. The molecule has 3 N–H and O–H groups in total. The smallest absolute Gasteiger partial charge is 0.337 e. The molecule has 1 aromatic rings. The van der Waals surface area contributed by atoms with E-state index < -0.39 is 5.97 Å². The number of nitrogens with zero attached hydrogens (tertiary/aromatic N) is 1. The third kappa shape index (κ3) is 2.42. The monoisotopic (exact) mass is 248 g/mol. The van der Waals surface area contributed by atoms with Gasteiger partial charge in [-0.05, 0) is 30.9 Å². The Morgan fingerprint density at radius 3 is 3.00 bits per heavy atom. The molecule has 1 atom stereocenters. The molecule has 0 radical (unpaired) electrons. The van der Waals surface area contributed by atoms with Crippen LogP contribution >= 0.6 is 0 Å². The van der Waals surface area contributed by atoms with E-state index in [0.29, 0.717) is 22.9 Å². The molecule has 0 saturated carbocycles. The molecular weight excluding hydrogens is 228 g/mol. The van der Waals surface area contributed by atoms with E-state index in [-0.39, 0.29) is 0 Å². The number of anilines is 2. The van der Waals surface area contributed by atoms with Crippen molar-refractivity contribution in [1.82, 2.24) is 0 Å². The van der Waals surface area contributed by atoms with E-state index in [1.165, 1.54) is 12.8 Å². The average Bonchev–Trinajstić information content (AvgIpc) is 2.77. The molecule has 0 spiro atoms. The van der Waals surface area contributed by atoms with Crippen LogP contribution in [0.3, 0.4) is 0 Å². The van der Waals surface area contributed by atoms with Crippen molar-refractivity contribution < 1.29 is 9.90 Å². The van der Waals surface area contributed by atoms with E-state index in [4.69, 9.17) is 5.73 Å². The summed E-state index contributed by atoms with van der Waals surface area (Å²) in [5, 5.41) is 9.24. The van der Waals surface area contributed by atoms with Crippen molar-refractivity contribution in [2.24, 2.45) is 5.92 Å². The van der Waals surface area contributed by atoms with Crippen LogP contribution in [0, 0.1) is 5.92 Å². The highest BCUT2D eigenvalue weighted by molar-refractivity contribution is 5.98. The van der Waals surface area contributed by atoms with Crippen molar-refractivity contribution in [1.29, 1.82) is 0 Å². The summed E-state index contributed by atoms with van der Waals surface area (Å²) in [5.41, 5.74) is 7.53. The first-order valence-electron chi connectivity index (χ1n) is 6.50. The summed E-state index contributed by atoms with van der Waals surface area (Å²) in [6, 6.07) is 5.10. The van der Waals surface area contributed by atoms with Gasteiger partial charge in [-0.2, -0.15) is 0 Å². The predicted octanol–water partition coefficient (Wildman–Crippen LogP) is 2.59. The Labute approximate surface area is 107 Å². The third-order valence-corrected chi connectivity index (χ3v) is 3.60. The number of nitrogen functional groups attached to an aromatic ring is 1. The molecule has 1 aliphatic rings. The van der Waals surface area contributed by atoms with Gasteiger partial charge in [0.25, 0.3) is 0 Å². The highest BCUT2D eigenvalue weighted by atomic mass is 16.4. The molecule has 18 heavy (non-hydrogen) atoms. The first-order chi connectivity index (χ1) is 8.63. The van der Waals surface area contributed by atoms with Gasteiger partial charge in [0.15, 0.2) is 0 Å². The summed E-state index contributed by atoms with van der Waals surface area (Å²) in [4.78, 5) is 13.4. The van der Waals surface area contributed by atoms with Crippen LogP contribution in [0.15, 0.2) is 18.2 Å². The second-order valence-electron chi connectivity index (χ2n) is 4.94. The van der Waals surface area contributed by atoms with Crippen molar-refractivity contribution in [2.75, 3.05) is 23.7 Å². The van der Waals surface area contributed by atoms with Crippen LogP contribution in [0.25, 0.3) is 0 Å². The maximum atomic E-state index is 11.3.